The van der Waals surface area contributed by atoms with E-state index in [0.29, 0.717) is 0 Å². The maximum absolute atomic E-state index is 12.6. The van der Waals surface area contributed by atoms with E-state index in [4.69, 9.17) is 15.1 Å². The number of ether oxygens (including phenoxy) is 2. The maximum atomic E-state index is 12.6. The number of hydrogen-bond donors (Lipinski definition) is 0. The summed E-state index contributed by atoms with van der Waals surface area (Å²) in [6.07, 6.45) is 1.96. The number of rotatable bonds is 18. The summed E-state index contributed by atoms with van der Waals surface area (Å²) in [5.41, 5.74) is 0. The summed E-state index contributed by atoms with van der Waals surface area (Å²) in [7, 11) is 0. The van der Waals surface area contributed by atoms with Crippen LogP contribution < -0.4 is 0 Å². The van der Waals surface area contributed by atoms with Crippen molar-refractivity contribution in [1.82, 2.24) is 0 Å². The van der Waals surface area contributed by atoms with E-state index in [9.17, 15) is 19.2 Å². The van der Waals surface area contributed by atoms with Crippen LogP contribution in [0.3, 0.4) is 0 Å². The molecule has 0 saturated heterocycles. The van der Waals surface area contributed by atoms with Gasteiger partial charge in [0.15, 0.2) is 0 Å². The van der Waals surface area contributed by atoms with Gasteiger partial charge in [0, 0.05) is 0 Å². The molecule has 0 spiro atoms. The molecule has 0 aliphatic heterocycles. The first kappa shape index (κ1) is 30.1. The average molecular weight is 524 g/mol. The molecule has 0 aliphatic carbocycles. The molecule has 8 nitrogen and oxygen atoms in total. The predicted molar refractivity (Wildman–Crippen MR) is 113 cm³/mol. The average Bonchev–Trinajstić information content (AvgIpc) is 2.60. The molecular formula is C22H40O8Zr. The van der Waals surface area contributed by atoms with Gasteiger partial charge in [-0.2, -0.15) is 0 Å². The molecule has 0 saturated carbocycles. The quantitative estimate of drug-likeness (QED) is 0.149. The van der Waals surface area contributed by atoms with Crippen LogP contribution in [-0.2, 0) is 55.4 Å². The molecule has 0 fully saturated rings. The molecule has 0 heterocycles. The molecule has 31 heavy (non-hydrogen) atoms. The van der Waals surface area contributed by atoms with Crippen LogP contribution in [0.25, 0.3) is 0 Å². The molecule has 0 rings (SSSR count). The summed E-state index contributed by atoms with van der Waals surface area (Å²) in [6, 6.07) is 0. The second-order valence-corrected chi connectivity index (χ2v) is 15.6. The molecular weight excluding hydrogens is 483 g/mol. The van der Waals surface area contributed by atoms with Gasteiger partial charge in [-0.25, -0.2) is 0 Å². The van der Waals surface area contributed by atoms with Gasteiger partial charge in [-0.3, -0.25) is 0 Å². The SMILES string of the molecule is CCCCOC(=O)CC(=O)[CH2][Zr]([CH2]C(=O)CC(=O)OCCCC)([O]C(C)C)[O]C(C)C. The minimum atomic E-state index is -4.30. The third kappa shape index (κ3) is 15.5. The molecule has 0 amide bonds. The Bertz CT molecular complexity index is 524. The molecule has 9 heteroatoms. The molecule has 0 aromatic carbocycles. The van der Waals surface area contributed by atoms with E-state index in [1.54, 1.807) is 0 Å². The molecule has 0 aliphatic rings. The Labute approximate surface area is 192 Å². The van der Waals surface area contributed by atoms with Crippen molar-refractivity contribution in [3.05, 3.63) is 0 Å². The van der Waals surface area contributed by atoms with Gasteiger partial charge in [0.05, 0.1) is 0 Å². The van der Waals surface area contributed by atoms with Crippen LogP contribution >= 0.6 is 0 Å². The molecule has 0 bridgehead atoms. The number of Topliss-reactive ketones (excluding diaryl/α,β-unsaturated/α-hetero) is 2. The minimum absolute atomic E-state index is 0.0927. The zero-order valence-corrected chi connectivity index (χ0v) is 22.4. The monoisotopic (exact) mass is 522 g/mol. The van der Waals surface area contributed by atoms with Gasteiger partial charge in [0.2, 0.25) is 0 Å². The number of ketones is 2. The fraction of sp³-hybridized carbons (Fsp3) is 0.818. The van der Waals surface area contributed by atoms with Crippen LogP contribution in [-0.4, -0.2) is 48.9 Å². The first-order valence-corrected chi connectivity index (χ1v) is 16.7. The Balaban J connectivity index is 5.22. The van der Waals surface area contributed by atoms with Gasteiger partial charge in [0.1, 0.15) is 0 Å². The Hall–Kier alpha value is -0.917. The summed E-state index contributed by atoms with van der Waals surface area (Å²) < 4.78 is 22.1. The van der Waals surface area contributed by atoms with E-state index in [1.807, 2.05) is 41.5 Å². The third-order valence-corrected chi connectivity index (χ3v) is 13.1. The molecule has 0 unspecified atom stereocenters. The topological polar surface area (TPSA) is 105 Å². The van der Waals surface area contributed by atoms with Gasteiger partial charge in [0.25, 0.3) is 0 Å². The van der Waals surface area contributed by atoms with Gasteiger partial charge >= 0.3 is 193 Å². The van der Waals surface area contributed by atoms with E-state index in [0.717, 1.165) is 25.7 Å². The summed E-state index contributed by atoms with van der Waals surface area (Å²) in [6.45, 7) is 11.7. The summed E-state index contributed by atoms with van der Waals surface area (Å²) in [4.78, 5) is 49.1. The molecule has 0 radical (unpaired) electrons. The van der Waals surface area contributed by atoms with Gasteiger partial charge in [-0.1, -0.05) is 0 Å². The Kier molecular flexibility index (Phi) is 16.2. The third-order valence-electron chi connectivity index (χ3n) is 4.04. The predicted octanol–water partition coefficient (Wildman–Crippen LogP) is 4.26. The van der Waals surface area contributed by atoms with Crippen LogP contribution in [0.1, 0.15) is 80.1 Å². The van der Waals surface area contributed by atoms with Crippen molar-refractivity contribution in [2.75, 3.05) is 13.2 Å². The van der Waals surface area contributed by atoms with Crippen molar-refractivity contribution in [2.45, 2.75) is 101 Å². The van der Waals surface area contributed by atoms with Gasteiger partial charge in [-0.15, -0.1) is 0 Å². The molecule has 0 aromatic rings. The van der Waals surface area contributed by atoms with Crippen LogP contribution in [0.4, 0.5) is 0 Å². The summed E-state index contributed by atoms with van der Waals surface area (Å²) in [5.74, 6) is -1.90. The van der Waals surface area contributed by atoms with Crippen molar-refractivity contribution in [1.29, 1.82) is 0 Å². The fourth-order valence-electron chi connectivity index (χ4n) is 2.93. The van der Waals surface area contributed by atoms with E-state index >= 15 is 0 Å². The van der Waals surface area contributed by atoms with Gasteiger partial charge in [-0.05, 0) is 0 Å². The molecule has 0 N–H and O–H groups in total. The number of esters is 2. The van der Waals surface area contributed by atoms with E-state index in [2.05, 4.69) is 0 Å². The molecule has 180 valence electrons. The second-order valence-electron chi connectivity index (χ2n) is 8.18. The summed E-state index contributed by atoms with van der Waals surface area (Å²) >= 11 is -4.30. The first-order valence-electron chi connectivity index (χ1n) is 11.2. The zero-order valence-electron chi connectivity index (χ0n) is 20.0. The second kappa shape index (κ2) is 16.7. The standard InChI is InChI=1S/2C8H13O3.2C3H7O.Zr/c2*1-3-4-5-11-8(10)6-7(2)9;2*1-3(2)4;/h2*2-6H2,1H3;2*3H,1-2H3;/q;;2*-1;+2. The van der Waals surface area contributed by atoms with Crippen LogP contribution in [0, 0.1) is 0 Å². The van der Waals surface area contributed by atoms with E-state index < -0.39 is 33.1 Å². The van der Waals surface area contributed by atoms with Crippen LogP contribution in [0.5, 0.6) is 0 Å². The Morgan fingerprint density at radius 2 is 1.03 bits per heavy atom. The molecule has 0 atom stereocenters. The summed E-state index contributed by atoms with van der Waals surface area (Å²) in [5, 5.41) is 0. The number of hydrogen-bond acceptors (Lipinski definition) is 8. The zero-order chi connectivity index (χ0) is 23.9. The normalized spacial score (nSPS) is 11.6. The number of carbonyl (C=O) groups is 4. The van der Waals surface area contributed by atoms with Crippen LogP contribution in [0.15, 0.2) is 0 Å². The van der Waals surface area contributed by atoms with Crippen molar-refractivity contribution >= 4 is 23.5 Å². The van der Waals surface area contributed by atoms with Crippen molar-refractivity contribution < 1.29 is 55.4 Å². The molecule has 0 aromatic heterocycles. The number of unbranched alkanes of at least 4 members (excludes halogenated alkanes) is 2. The van der Waals surface area contributed by atoms with Crippen molar-refractivity contribution in [2.24, 2.45) is 0 Å². The van der Waals surface area contributed by atoms with Gasteiger partial charge < -0.3 is 0 Å². The van der Waals surface area contributed by atoms with Crippen LogP contribution in [0.2, 0.25) is 8.26 Å². The van der Waals surface area contributed by atoms with Crippen molar-refractivity contribution in [3.63, 3.8) is 0 Å². The van der Waals surface area contributed by atoms with E-state index in [-0.39, 0.29) is 58.1 Å². The Morgan fingerprint density at radius 3 is 1.32 bits per heavy atom. The van der Waals surface area contributed by atoms with E-state index in [1.165, 1.54) is 0 Å². The Morgan fingerprint density at radius 1 is 0.677 bits per heavy atom. The first-order chi connectivity index (χ1) is 14.5. The fourth-order valence-corrected chi connectivity index (χ4v) is 12.0. The van der Waals surface area contributed by atoms with Crippen molar-refractivity contribution in [3.8, 4) is 0 Å². The number of carbonyl (C=O) groups excluding carboxylic acids is 4.